The second-order valence-electron chi connectivity index (χ2n) is 3.15. The molecular formula is C8H8Cl2O4. The number of hydrogen-bond donors (Lipinski definition) is 0. The minimum Gasteiger partial charge on any atom is -0.464 e. The van der Waals surface area contributed by atoms with Gasteiger partial charge in [-0.3, -0.25) is 14.4 Å². The van der Waals surface area contributed by atoms with Crippen LogP contribution in [0.1, 0.15) is 12.8 Å². The quantitative estimate of drug-likeness (QED) is 0.544. The Labute approximate surface area is 90.5 Å². The van der Waals surface area contributed by atoms with Gasteiger partial charge in [0.2, 0.25) is 10.5 Å². The van der Waals surface area contributed by atoms with Crippen molar-refractivity contribution in [2.45, 2.75) is 18.9 Å². The largest absolute Gasteiger partial charge is 0.464 e. The summed E-state index contributed by atoms with van der Waals surface area (Å²) < 4.78 is 4.66. The van der Waals surface area contributed by atoms with Crippen LogP contribution in [0.5, 0.6) is 0 Å². The van der Waals surface area contributed by atoms with Crippen molar-refractivity contribution in [1.29, 1.82) is 0 Å². The van der Waals surface area contributed by atoms with Gasteiger partial charge < -0.3 is 4.74 Å². The molecule has 14 heavy (non-hydrogen) atoms. The van der Waals surface area contributed by atoms with Crippen LogP contribution in [-0.2, 0) is 19.1 Å². The first-order valence-electron chi connectivity index (χ1n) is 4.04. The van der Waals surface area contributed by atoms with Crippen LogP contribution < -0.4 is 0 Å². The van der Waals surface area contributed by atoms with Gasteiger partial charge in [0.15, 0.2) is 0 Å². The van der Waals surface area contributed by atoms with Crippen LogP contribution in [0.2, 0.25) is 0 Å². The standard InChI is InChI=1S/C8H8Cl2O4/c9-7(12)4-1-5(8(10)13)6(2-4)14-3-11/h3-6H,1-2H2. The van der Waals surface area contributed by atoms with Crippen LogP contribution in [0.3, 0.4) is 0 Å². The van der Waals surface area contributed by atoms with E-state index in [-0.39, 0.29) is 19.3 Å². The van der Waals surface area contributed by atoms with Crippen LogP contribution in [0.25, 0.3) is 0 Å². The molecule has 0 saturated heterocycles. The molecule has 1 rings (SSSR count). The molecule has 0 spiro atoms. The SMILES string of the molecule is O=COC1CC(C(=O)Cl)CC1C(=O)Cl. The van der Waals surface area contributed by atoms with E-state index >= 15 is 0 Å². The summed E-state index contributed by atoms with van der Waals surface area (Å²) in [4.78, 5) is 31.9. The normalized spacial score (nSPS) is 31.1. The van der Waals surface area contributed by atoms with Gasteiger partial charge in [-0.2, -0.15) is 0 Å². The van der Waals surface area contributed by atoms with Crippen LogP contribution in [0.15, 0.2) is 0 Å². The monoisotopic (exact) mass is 238 g/mol. The topological polar surface area (TPSA) is 60.4 Å². The summed E-state index contributed by atoms with van der Waals surface area (Å²) in [6.45, 7) is 0.249. The summed E-state index contributed by atoms with van der Waals surface area (Å²) in [7, 11) is 0. The lowest BCUT2D eigenvalue weighted by Crippen LogP contribution is -2.22. The molecule has 0 aliphatic heterocycles. The highest BCUT2D eigenvalue weighted by atomic mass is 35.5. The Morgan fingerprint density at radius 3 is 2.29 bits per heavy atom. The lowest BCUT2D eigenvalue weighted by atomic mass is 10.1. The number of ether oxygens (including phenoxy) is 1. The van der Waals surface area contributed by atoms with Gasteiger partial charge in [0.25, 0.3) is 6.47 Å². The average molecular weight is 239 g/mol. The maximum atomic E-state index is 10.9. The van der Waals surface area contributed by atoms with Crippen molar-refractivity contribution in [3.8, 4) is 0 Å². The Morgan fingerprint density at radius 1 is 1.21 bits per heavy atom. The molecule has 3 atom stereocenters. The molecule has 6 heteroatoms. The molecule has 1 aliphatic rings. The van der Waals surface area contributed by atoms with Crippen molar-refractivity contribution in [2.24, 2.45) is 11.8 Å². The third-order valence-corrected chi connectivity index (χ3v) is 2.94. The Kier molecular flexibility index (Phi) is 3.89. The van der Waals surface area contributed by atoms with E-state index < -0.39 is 28.4 Å². The molecule has 0 aromatic carbocycles. The molecule has 3 unspecified atom stereocenters. The predicted octanol–water partition coefficient (Wildman–Crippen LogP) is 1.08. The first-order valence-corrected chi connectivity index (χ1v) is 4.79. The lowest BCUT2D eigenvalue weighted by Gasteiger charge is -2.12. The molecule has 0 radical (unpaired) electrons. The Balaban J connectivity index is 2.69. The van der Waals surface area contributed by atoms with E-state index in [2.05, 4.69) is 4.74 Å². The highest BCUT2D eigenvalue weighted by Crippen LogP contribution is 2.35. The fourth-order valence-corrected chi connectivity index (χ4v) is 2.05. The molecule has 1 fully saturated rings. The maximum Gasteiger partial charge on any atom is 0.293 e. The van der Waals surface area contributed by atoms with E-state index in [4.69, 9.17) is 23.2 Å². The van der Waals surface area contributed by atoms with E-state index in [1.807, 2.05) is 0 Å². The molecule has 0 bridgehead atoms. The molecule has 0 aromatic rings. The predicted molar refractivity (Wildman–Crippen MR) is 48.9 cm³/mol. The van der Waals surface area contributed by atoms with Gasteiger partial charge in [-0.25, -0.2) is 0 Å². The van der Waals surface area contributed by atoms with Crippen molar-refractivity contribution in [3.63, 3.8) is 0 Å². The summed E-state index contributed by atoms with van der Waals surface area (Å²) in [6.07, 6.45) is -0.0990. The van der Waals surface area contributed by atoms with E-state index in [1.54, 1.807) is 0 Å². The molecule has 1 saturated carbocycles. The van der Waals surface area contributed by atoms with Crippen molar-refractivity contribution in [3.05, 3.63) is 0 Å². The van der Waals surface area contributed by atoms with Crippen LogP contribution in [0.4, 0.5) is 0 Å². The minimum absolute atomic E-state index is 0.249. The first kappa shape index (κ1) is 11.5. The maximum absolute atomic E-state index is 10.9. The zero-order valence-corrected chi connectivity index (χ0v) is 8.62. The van der Waals surface area contributed by atoms with Crippen molar-refractivity contribution in [2.75, 3.05) is 0 Å². The zero-order chi connectivity index (χ0) is 10.7. The molecule has 1 aliphatic carbocycles. The number of carbonyl (C=O) groups excluding carboxylic acids is 3. The van der Waals surface area contributed by atoms with Crippen molar-refractivity contribution < 1.29 is 19.1 Å². The summed E-state index contributed by atoms with van der Waals surface area (Å²) in [5.74, 6) is -1.07. The van der Waals surface area contributed by atoms with Gasteiger partial charge in [0.1, 0.15) is 6.10 Å². The smallest absolute Gasteiger partial charge is 0.293 e. The number of halogens is 2. The molecule has 4 nitrogen and oxygen atoms in total. The number of carbonyl (C=O) groups is 3. The highest BCUT2D eigenvalue weighted by molar-refractivity contribution is 6.65. The molecule has 0 heterocycles. The zero-order valence-electron chi connectivity index (χ0n) is 7.11. The van der Waals surface area contributed by atoms with Crippen LogP contribution in [0, 0.1) is 11.8 Å². The Morgan fingerprint density at radius 2 is 1.86 bits per heavy atom. The number of hydrogen-bond acceptors (Lipinski definition) is 4. The molecule has 78 valence electrons. The highest BCUT2D eigenvalue weighted by Gasteiger charge is 2.41. The average Bonchev–Trinajstić information content (AvgIpc) is 2.49. The molecule has 0 aromatic heterocycles. The summed E-state index contributed by atoms with van der Waals surface area (Å²) >= 11 is 10.6. The third-order valence-electron chi connectivity index (χ3n) is 2.35. The summed E-state index contributed by atoms with van der Waals surface area (Å²) in [6, 6.07) is 0. The van der Waals surface area contributed by atoms with Gasteiger partial charge in [-0.15, -0.1) is 0 Å². The summed E-state index contributed by atoms with van der Waals surface area (Å²) in [5.41, 5.74) is 0. The Bertz CT molecular complexity index is 266. The molecule has 0 amide bonds. The minimum atomic E-state index is -0.620. The lowest BCUT2D eigenvalue weighted by molar-refractivity contribution is -0.137. The fraction of sp³-hybridized carbons (Fsp3) is 0.625. The van der Waals surface area contributed by atoms with Crippen LogP contribution >= 0.6 is 23.2 Å². The molecular weight excluding hydrogens is 231 g/mol. The first-order chi connectivity index (χ1) is 6.56. The second-order valence-corrected chi connectivity index (χ2v) is 3.90. The fourth-order valence-electron chi connectivity index (χ4n) is 1.65. The molecule has 0 N–H and O–H groups in total. The van der Waals surface area contributed by atoms with Crippen LogP contribution in [-0.4, -0.2) is 23.1 Å². The van der Waals surface area contributed by atoms with Gasteiger partial charge >= 0.3 is 0 Å². The Hall–Kier alpha value is -0.610. The summed E-state index contributed by atoms with van der Waals surface area (Å²) in [5, 5.41) is -1.12. The van der Waals surface area contributed by atoms with Crippen molar-refractivity contribution >= 4 is 40.2 Å². The third kappa shape index (κ3) is 2.45. The van der Waals surface area contributed by atoms with E-state index in [9.17, 15) is 14.4 Å². The van der Waals surface area contributed by atoms with E-state index in [1.165, 1.54) is 0 Å². The van der Waals surface area contributed by atoms with E-state index in [0.29, 0.717) is 0 Å². The van der Waals surface area contributed by atoms with Gasteiger partial charge in [-0.1, -0.05) is 0 Å². The van der Waals surface area contributed by atoms with Gasteiger partial charge in [0.05, 0.1) is 5.92 Å². The van der Waals surface area contributed by atoms with Gasteiger partial charge in [0, 0.05) is 5.92 Å². The second kappa shape index (κ2) is 4.75. The number of rotatable bonds is 4. The van der Waals surface area contributed by atoms with E-state index in [0.717, 1.165) is 0 Å². The van der Waals surface area contributed by atoms with Gasteiger partial charge in [-0.05, 0) is 36.0 Å². The van der Waals surface area contributed by atoms with Crippen molar-refractivity contribution in [1.82, 2.24) is 0 Å².